The lowest BCUT2D eigenvalue weighted by molar-refractivity contribution is 0.121. The molecule has 0 fully saturated rings. The summed E-state index contributed by atoms with van der Waals surface area (Å²) in [5.41, 5.74) is 0.961. The summed E-state index contributed by atoms with van der Waals surface area (Å²) in [4.78, 5) is 0. The fourth-order valence-corrected chi connectivity index (χ4v) is 2.07. The van der Waals surface area contributed by atoms with E-state index in [4.69, 9.17) is 0 Å². The van der Waals surface area contributed by atoms with E-state index in [9.17, 15) is 5.11 Å². The average molecular weight is 323 g/mol. The van der Waals surface area contributed by atoms with Gasteiger partial charge in [0.1, 0.15) is 0 Å². The minimum Gasteiger partial charge on any atom is -0.387 e. The van der Waals surface area contributed by atoms with Crippen molar-refractivity contribution in [2.75, 3.05) is 7.05 Å². The van der Waals surface area contributed by atoms with Gasteiger partial charge < -0.3 is 10.4 Å². The van der Waals surface area contributed by atoms with E-state index in [1.54, 1.807) is 0 Å². The Morgan fingerprint density at radius 2 is 1.76 bits per heavy atom. The molecule has 0 heterocycles. The lowest BCUT2D eigenvalue weighted by atomic mass is 9.95. The third-order valence-corrected chi connectivity index (χ3v) is 3.22. The molecule has 0 saturated heterocycles. The van der Waals surface area contributed by atoms with E-state index in [-0.39, 0.29) is 18.4 Å². The first-order chi connectivity index (χ1) is 7.54. The smallest absolute Gasteiger partial charge is 0.0942 e. The van der Waals surface area contributed by atoms with Gasteiger partial charge in [-0.1, -0.05) is 41.9 Å². The van der Waals surface area contributed by atoms with Crippen LogP contribution in [-0.2, 0) is 0 Å². The molecule has 2 nitrogen and oxygen atoms in total. The Hall–Kier alpha value is -0.0900. The molecule has 98 valence electrons. The van der Waals surface area contributed by atoms with Crippen LogP contribution in [0.2, 0.25) is 0 Å². The number of rotatable bonds is 5. The topological polar surface area (TPSA) is 32.3 Å². The molecule has 4 heteroatoms. The van der Waals surface area contributed by atoms with Crippen molar-refractivity contribution >= 4 is 28.3 Å². The van der Waals surface area contributed by atoms with Gasteiger partial charge in [-0.3, -0.25) is 0 Å². The van der Waals surface area contributed by atoms with Crippen LogP contribution in [0.1, 0.15) is 31.9 Å². The predicted octanol–water partition coefficient (Wildman–Crippen LogP) is 3.54. The van der Waals surface area contributed by atoms with Gasteiger partial charge in [-0.2, -0.15) is 0 Å². The van der Waals surface area contributed by atoms with E-state index in [1.165, 1.54) is 0 Å². The van der Waals surface area contributed by atoms with Crippen molar-refractivity contribution in [2.24, 2.45) is 5.92 Å². The second-order valence-electron chi connectivity index (χ2n) is 4.52. The minimum absolute atomic E-state index is 0. The molecule has 0 radical (unpaired) electrons. The maximum atomic E-state index is 10.2. The van der Waals surface area contributed by atoms with Gasteiger partial charge in [-0.05, 0) is 37.1 Å². The Morgan fingerprint density at radius 1 is 1.24 bits per heavy atom. The van der Waals surface area contributed by atoms with Gasteiger partial charge in [-0.15, -0.1) is 12.4 Å². The van der Waals surface area contributed by atoms with Crippen LogP contribution >= 0.6 is 28.3 Å². The van der Waals surface area contributed by atoms with Gasteiger partial charge in [0, 0.05) is 10.5 Å². The lowest BCUT2D eigenvalue weighted by Crippen LogP contribution is -2.33. The monoisotopic (exact) mass is 321 g/mol. The van der Waals surface area contributed by atoms with E-state index in [0.717, 1.165) is 16.5 Å². The summed E-state index contributed by atoms with van der Waals surface area (Å²) in [7, 11) is 1.90. The van der Waals surface area contributed by atoms with Crippen LogP contribution in [0.3, 0.4) is 0 Å². The van der Waals surface area contributed by atoms with Crippen LogP contribution in [0.5, 0.6) is 0 Å². The zero-order valence-corrected chi connectivity index (χ0v) is 12.9. The van der Waals surface area contributed by atoms with Crippen LogP contribution < -0.4 is 5.32 Å². The first-order valence-corrected chi connectivity index (χ1v) is 6.44. The SMILES string of the molecule is CNC(CC(C)C)C(O)c1ccc(Br)cc1.Cl. The number of likely N-dealkylation sites (N-methyl/N-ethyl adjacent to an activating group) is 1. The van der Waals surface area contributed by atoms with Gasteiger partial charge in [-0.25, -0.2) is 0 Å². The Bertz CT molecular complexity index is 316. The summed E-state index contributed by atoms with van der Waals surface area (Å²) in [5, 5.41) is 13.4. The number of halogens is 2. The highest BCUT2D eigenvalue weighted by molar-refractivity contribution is 9.10. The highest BCUT2D eigenvalue weighted by Crippen LogP contribution is 2.22. The Morgan fingerprint density at radius 3 is 2.18 bits per heavy atom. The molecule has 2 N–H and O–H groups in total. The third kappa shape index (κ3) is 5.38. The second-order valence-corrected chi connectivity index (χ2v) is 5.44. The van der Waals surface area contributed by atoms with Crippen molar-refractivity contribution < 1.29 is 5.11 Å². The summed E-state index contributed by atoms with van der Waals surface area (Å²) in [6.45, 7) is 4.33. The Kier molecular flexibility index (Phi) is 8.05. The summed E-state index contributed by atoms with van der Waals surface area (Å²) in [6.07, 6.45) is 0.522. The lowest BCUT2D eigenvalue weighted by Gasteiger charge is -2.24. The maximum Gasteiger partial charge on any atom is 0.0942 e. The normalized spacial score (nSPS) is 14.2. The number of hydrogen-bond donors (Lipinski definition) is 2. The molecule has 1 rings (SSSR count). The van der Waals surface area contributed by atoms with E-state index in [0.29, 0.717) is 5.92 Å². The molecule has 2 atom stereocenters. The summed E-state index contributed by atoms with van der Waals surface area (Å²) < 4.78 is 1.04. The molecular weight excluding hydrogens is 302 g/mol. The van der Waals surface area contributed by atoms with E-state index >= 15 is 0 Å². The zero-order chi connectivity index (χ0) is 12.1. The second kappa shape index (κ2) is 8.09. The van der Waals surface area contributed by atoms with Gasteiger partial charge in [0.15, 0.2) is 0 Å². The predicted molar refractivity (Wildman–Crippen MR) is 78.7 cm³/mol. The first-order valence-electron chi connectivity index (χ1n) is 5.65. The number of aliphatic hydroxyl groups is 1. The van der Waals surface area contributed by atoms with Crippen LogP contribution in [0, 0.1) is 5.92 Å². The molecule has 0 aliphatic carbocycles. The first kappa shape index (κ1) is 16.9. The quantitative estimate of drug-likeness (QED) is 0.869. The Balaban J connectivity index is 0.00000256. The molecule has 0 aromatic heterocycles. The number of benzene rings is 1. The van der Waals surface area contributed by atoms with E-state index in [2.05, 4.69) is 35.1 Å². The van der Waals surface area contributed by atoms with Crippen molar-refractivity contribution in [2.45, 2.75) is 32.4 Å². The largest absolute Gasteiger partial charge is 0.387 e. The minimum atomic E-state index is -0.444. The van der Waals surface area contributed by atoms with Crippen molar-refractivity contribution in [1.29, 1.82) is 0 Å². The van der Waals surface area contributed by atoms with Gasteiger partial charge in [0.25, 0.3) is 0 Å². The van der Waals surface area contributed by atoms with E-state index < -0.39 is 6.10 Å². The molecule has 2 unspecified atom stereocenters. The van der Waals surface area contributed by atoms with E-state index in [1.807, 2.05) is 31.3 Å². The van der Waals surface area contributed by atoms with Crippen molar-refractivity contribution in [3.05, 3.63) is 34.3 Å². The molecule has 0 spiro atoms. The fraction of sp³-hybridized carbons (Fsp3) is 0.538. The van der Waals surface area contributed by atoms with Crippen molar-refractivity contribution in [3.63, 3.8) is 0 Å². The van der Waals surface area contributed by atoms with Gasteiger partial charge in [0.2, 0.25) is 0 Å². The Labute approximate surface area is 118 Å². The number of hydrogen-bond acceptors (Lipinski definition) is 2. The highest BCUT2D eigenvalue weighted by Gasteiger charge is 2.19. The summed E-state index contributed by atoms with van der Waals surface area (Å²) in [5.74, 6) is 0.572. The van der Waals surface area contributed by atoms with Gasteiger partial charge >= 0.3 is 0 Å². The summed E-state index contributed by atoms with van der Waals surface area (Å²) >= 11 is 3.39. The molecule has 0 saturated carbocycles. The highest BCUT2D eigenvalue weighted by atomic mass is 79.9. The molecular formula is C13H21BrClNO. The molecule has 17 heavy (non-hydrogen) atoms. The van der Waals surface area contributed by atoms with Crippen molar-refractivity contribution in [3.8, 4) is 0 Å². The standard InChI is InChI=1S/C13H20BrNO.ClH/c1-9(2)8-12(15-3)13(16)10-4-6-11(14)7-5-10;/h4-7,9,12-13,15-16H,8H2,1-3H3;1H. The summed E-state index contributed by atoms with van der Waals surface area (Å²) in [6, 6.07) is 7.95. The molecule has 0 aliphatic rings. The van der Waals surface area contributed by atoms with Crippen LogP contribution in [0.25, 0.3) is 0 Å². The molecule has 0 bridgehead atoms. The van der Waals surface area contributed by atoms with Crippen LogP contribution in [0.4, 0.5) is 0 Å². The van der Waals surface area contributed by atoms with Crippen molar-refractivity contribution in [1.82, 2.24) is 5.32 Å². The average Bonchev–Trinajstić information content (AvgIpc) is 2.25. The molecule has 0 aliphatic heterocycles. The van der Waals surface area contributed by atoms with Crippen LogP contribution in [-0.4, -0.2) is 18.2 Å². The fourth-order valence-electron chi connectivity index (χ4n) is 1.80. The van der Waals surface area contributed by atoms with Gasteiger partial charge in [0.05, 0.1) is 6.10 Å². The zero-order valence-electron chi connectivity index (χ0n) is 10.5. The molecule has 1 aromatic rings. The number of nitrogens with one attached hydrogen (secondary N) is 1. The van der Waals surface area contributed by atoms with Crippen LogP contribution in [0.15, 0.2) is 28.7 Å². The number of aliphatic hydroxyl groups excluding tert-OH is 1. The third-order valence-electron chi connectivity index (χ3n) is 2.69. The maximum absolute atomic E-state index is 10.2. The molecule has 0 amide bonds. The molecule has 1 aromatic carbocycles.